The van der Waals surface area contributed by atoms with Gasteiger partial charge in [-0.3, -0.25) is 4.79 Å². The Balaban J connectivity index is 2.75. The van der Waals surface area contributed by atoms with Gasteiger partial charge in [0.15, 0.2) is 0 Å². The first kappa shape index (κ1) is 16.5. The fourth-order valence-corrected chi connectivity index (χ4v) is 2.06. The molecule has 0 aliphatic carbocycles. The van der Waals surface area contributed by atoms with Crippen molar-refractivity contribution in [1.29, 1.82) is 0 Å². The first-order valence-electron chi connectivity index (χ1n) is 6.50. The van der Waals surface area contributed by atoms with Gasteiger partial charge in [-0.25, -0.2) is 0 Å². The molecule has 0 aliphatic heterocycles. The molecule has 1 aromatic carbocycles. The minimum absolute atomic E-state index is 0.112. The highest BCUT2D eigenvalue weighted by atomic mass is 35.5. The maximum absolute atomic E-state index is 12.2. The molecule has 3 nitrogen and oxygen atoms in total. The number of rotatable bonds is 8. The third-order valence-corrected chi connectivity index (χ3v) is 3.30. The van der Waals surface area contributed by atoms with Crippen LogP contribution in [0.25, 0.3) is 0 Å². The van der Waals surface area contributed by atoms with E-state index in [1.165, 1.54) is 0 Å². The van der Waals surface area contributed by atoms with E-state index in [1.807, 2.05) is 0 Å². The van der Waals surface area contributed by atoms with Crippen LogP contribution in [0.5, 0.6) is 0 Å². The van der Waals surface area contributed by atoms with E-state index in [1.54, 1.807) is 36.4 Å². The summed E-state index contributed by atoms with van der Waals surface area (Å²) in [7, 11) is 0. The highest BCUT2D eigenvalue weighted by Crippen LogP contribution is 2.18. The van der Waals surface area contributed by atoms with Gasteiger partial charge in [-0.2, -0.15) is 0 Å². The Bertz CT molecular complexity index is 446. The quantitative estimate of drug-likeness (QED) is 0.723. The van der Waals surface area contributed by atoms with Crippen LogP contribution in [-0.4, -0.2) is 17.6 Å². The molecule has 2 N–H and O–H groups in total. The number of hydrogen-bond acceptors (Lipinski definition) is 2. The Kier molecular flexibility index (Phi) is 7.05. The standard InChI is InChI=1S/C16H20ClNO2/c1-3-5-13(6-4-2)16(20)18-15(11-19)12-7-9-14(17)10-8-12/h3-4,7-10,13,15,19H,1-2,5-6,11H2,(H,18,20). The van der Waals surface area contributed by atoms with Gasteiger partial charge in [0.25, 0.3) is 0 Å². The lowest BCUT2D eigenvalue weighted by molar-refractivity contribution is -0.125. The Hall–Kier alpha value is -1.58. The Morgan fingerprint density at radius 2 is 1.80 bits per heavy atom. The molecule has 0 fully saturated rings. The lowest BCUT2D eigenvalue weighted by atomic mass is 9.99. The van der Waals surface area contributed by atoms with Crippen molar-refractivity contribution >= 4 is 17.5 Å². The van der Waals surface area contributed by atoms with E-state index in [4.69, 9.17) is 11.6 Å². The van der Waals surface area contributed by atoms with E-state index in [9.17, 15) is 9.90 Å². The van der Waals surface area contributed by atoms with Gasteiger partial charge in [-0.15, -0.1) is 13.2 Å². The van der Waals surface area contributed by atoms with Crippen LogP contribution in [0.3, 0.4) is 0 Å². The van der Waals surface area contributed by atoms with Gasteiger partial charge < -0.3 is 10.4 Å². The zero-order chi connectivity index (χ0) is 15.0. The average molecular weight is 294 g/mol. The van der Waals surface area contributed by atoms with E-state index in [-0.39, 0.29) is 18.4 Å². The molecule has 4 heteroatoms. The van der Waals surface area contributed by atoms with Crippen molar-refractivity contribution in [2.75, 3.05) is 6.61 Å². The van der Waals surface area contributed by atoms with Crippen LogP contribution >= 0.6 is 11.6 Å². The molecule has 1 atom stereocenters. The number of carbonyl (C=O) groups is 1. The summed E-state index contributed by atoms with van der Waals surface area (Å²) in [5.41, 5.74) is 0.821. The van der Waals surface area contributed by atoms with E-state index in [0.717, 1.165) is 5.56 Å². The van der Waals surface area contributed by atoms with E-state index >= 15 is 0 Å². The number of halogens is 1. The molecule has 108 valence electrons. The van der Waals surface area contributed by atoms with Crippen molar-refractivity contribution in [2.45, 2.75) is 18.9 Å². The molecule has 0 bridgehead atoms. The van der Waals surface area contributed by atoms with Crippen LogP contribution in [0.15, 0.2) is 49.6 Å². The van der Waals surface area contributed by atoms with Crippen LogP contribution in [-0.2, 0) is 4.79 Å². The van der Waals surface area contributed by atoms with Gasteiger partial charge in [0.1, 0.15) is 0 Å². The second kappa shape index (κ2) is 8.56. The summed E-state index contributed by atoms with van der Waals surface area (Å²) in [6.45, 7) is 7.14. The van der Waals surface area contributed by atoms with Crippen LogP contribution in [0, 0.1) is 5.92 Å². The summed E-state index contributed by atoms with van der Waals surface area (Å²) < 4.78 is 0. The SMILES string of the molecule is C=CCC(CC=C)C(=O)NC(CO)c1ccc(Cl)cc1. The first-order valence-corrected chi connectivity index (χ1v) is 6.88. The lowest BCUT2D eigenvalue weighted by Crippen LogP contribution is -2.35. The van der Waals surface area contributed by atoms with Gasteiger partial charge in [0.05, 0.1) is 12.6 Å². The molecule has 0 saturated carbocycles. The Morgan fingerprint density at radius 3 is 2.25 bits per heavy atom. The zero-order valence-corrected chi connectivity index (χ0v) is 12.1. The highest BCUT2D eigenvalue weighted by molar-refractivity contribution is 6.30. The monoisotopic (exact) mass is 293 g/mol. The summed E-state index contributed by atoms with van der Waals surface area (Å²) >= 11 is 5.83. The first-order chi connectivity index (χ1) is 9.62. The van der Waals surface area contributed by atoms with Gasteiger partial charge in [0.2, 0.25) is 5.91 Å². The molecule has 0 heterocycles. The normalized spacial score (nSPS) is 11.9. The third kappa shape index (κ3) is 4.83. The number of amides is 1. The molecule has 1 unspecified atom stereocenters. The van der Waals surface area contributed by atoms with Gasteiger partial charge in [0, 0.05) is 10.9 Å². The average Bonchev–Trinajstić information content (AvgIpc) is 2.45. The molecule has 0 saturated heterocycles. The third-order valence-electron chi connectivity index (χ3n) is 3.04. The minimum atomic E-state index is -0.433. The number of carbonyl (C=O) groups excluding carboxylic acids is 1. The lowest BCUT2D eigenvalue weighted by Gasteiger charge is -2.20. The highest BCUT2D eigenvalue weighted by Gasteiger charge is 2.20. The summed E-state index contributed by atoms with van der Waals surface area (Å²) in [4.78, 5) is 12.2. The predicted octanol–water partition coefficient (Wildman–Crippen LogP) is 3.26. The molecule has 0 aromatic heterocycles. The molecule has 0 aliphatic rings. The van der Waals surface area contributed by atoms with E-state index < -0.39 is 6.04 Å². The van der Waals surface area contributed by atoms with Crippen molar-refractivity contribution < 1.29 is 9.90 Å². The fraction of sp³-hybridized carbons (Fsp3) is 0.312. The molecule has 0 spiro atoms. The molecule has 1 aromatic rings. The zero-order valence-electron chi connectivity index (χ0n) is 11.4. The number of benzene rings is 1. The van der Waals surface area contributed by atoms with Crippen LogP contribution < -0.4 is 5.32 Å². The van der Waals surface area contributed by atoms with Gasteiger partial charge in [-0.1, -0.05) is 35.9 Å². The number of aliphatic hydroxyl groups is 1. The minimum Gasteiger partial charge on any atom is -0.394 e. The van der Waals surface area contributed by atoms with Crippen LogP contribution in [0.4, 0.5) is 0 Å². The van der Waals surface area contributed by atoms with E-state index in [2.05, 4.69) is 18.5 Å². The molecule has 1 amide bonds. The second-order valence-corrected chi connectivity index (χ2v) is 4.98. The van der Waals surface area contributed by atoms with E-state index in [0.29, 0.717) is 17.9 Å². The molecular formula is C16H20ClNO2. The summed E-state index contributed by atoms with van der Waals surface area (Å²) in [6, 6.07) is 6.61. The summed E-state index contributed by atoms with van der Waals surface area (Å²) in [5, 5.41) is 12.9. The number of hydrogen-bond donors (Lipinski definition) is 2. The fourth-order valence-electron chi connectivity index (χ4n) is 1.93. The van der Waals surface area contributed by atoms with Gasteiger partial charge >= 0.3 is 0 Å². The molecule has 20 heavy (non-hydrogen) atoms. The Morgan fingerprint density at radius 1 is 1.25 bits per heavy atom. The van der Waals surface area contributed by atoms with Crippen molar-refractivity contribution in [1.82, 2.24) is 5.32 Å². The predicted molar refractivity (Wildman–Crippen MR) is 82.5 cm³/mol. The van der Waals surface area contributed by atoms with Crippen molar-refractivity contribution in [3.63, 3.8) is 0 Å². The maximum Gasteiger partial charge on any atom is 0.224 e. The van der Waals surface area contributed by atoms with Crippen molar-refractivity contribution in [2.24, 2.45) is 5.92 Å². The summed E-state index contributed by atoms with van der Waals surface area (Å²) in [6.07, 6.45) is 4.58. The summed E-state index contributed by atoms with van der Waals surface area (Å²) in [5.74, 6) is -0.315. The smallest absolute Gasteiger partial charge is 0.224 e. The number of aliphatic hydroxyl groups excluding tert-OH is 1. The van der Waals surface area contributed by atoms with Crippen LogP contribution in [0.1, 0.15) is 24.4 Å². The topological polar surface area (TPSA) is 49.3 Å². The number of allylic oxidation sites excluding steroid dienone is 2. The van der Waals surface area contributed by atoms with Crippen molar-refractivity contribution in [3.8, 4) is 0 Å². The molecule has 1 rings (SSSR count). The van der Waals surface area contributed by atoms with Gasteiger partial charge in [-0.05, 0) is 30.5 Å². The Labute approximate surface area is 125 Å². The second-order valence-electron chi connectivity index (χ2n) is 4.54. The molecule has 0 radical (unpaired) electrons. The van der Waals surface area contributed by atoms with Crippen molar-refractivity contribution in [3.05, 3.63) is 60.2 Å². The number of nitrogens with one attached hydrogen (secondary N) is 1. The maximum atomic E-state index is 12.2. The molecular weight excluding hydrogens is 274 g/mol. The largest absolute Gasteiger partial charge is 0.394 e. The van der Waals surface area contributed by atoms with Crippen LogP contribution in [0.2, 0.25) is 5.02 Å².